The van der Waals surface area contributed by atoms with Crippen molar-refractivity contribution < 1.29 is 22.3 Å². The topological polar surface area (TPSA) is 79.0 Å². The molecule has 0 unspecified atom stereocenters. The summed E-state index contributed by atoms with van der Waals surface area (Å²) in [6, 6.07) is 10.4. The zero-order valence-corrected chi connectivity index (χ0v) is 20.2. The molecule has 7 nitrogen and oxygen atoms in total. The number of amides is 1. The predicted molar refractivity (Wildman–Crippen MR) is 125 cm³/mol. The summed E-state index contributed by atoms with van der Waals surface area (Å²) in [5.41, 5.74) is 0.922. The lowest BCUT2D eigenvalue weighted by Crippen LogP contribution is -2.42. The summed E-state index contributed by atoms with van der Waals surface area (Å²) in [6.07, 6.45) is 0.732. The summed E-state index contributed by atoms with van der Waals surface area (Å²) in [5, 5.41) is 2.87. The SMILES string of the molecule is Cc1ccc(S(=O)(=O)N(CC(=O)NCCCN2CCOCC2)Cc2c(F)cccc2Cl)cc1. The van der Waals surface area contributed by atoms with Gasteiger partial charge in [-0.15, -0.1) is 0 Å². The quantitative estimate of drug-likeness (QED) is 0.511. The molecule has 2 aromatic rings. The van der Waals surface area contributed by atoms with Crippen LogP contribution in [0, 0.1) is 12.7 Å². The molecule has 2 aromatic carbocycles. The number of morpholine rings is 1. The van der Waals surface area contributed by atoms with E-state index in [0.717, 1.165) is 35.9 Å². The van der Waals surface area contributed by atoms with Crippen LogP contribution in [0.25, 0.3) is 0 Å². The van der Waals surface area contributed by atoms with Gasteiger partial charge in [0.2, 0.25) is 15.9 Å². The van der Waals surface area contributed by atoms with Crippen molar-refractivity contribution in [2.75, 3.05) is 45.9 Å². The number of ether oxygens (including phenoxy) is 1. The third kappa shape index (κ3) is 7.22. The van der Waals surface area contributed by atoms with Gasteiger partial charge in [-0.05, 0) is 44.2 Å². The van der Waals surface area contributed by atoms with Crippen molar-refractivity contribution >= 4 is 27.5 Å². The number of nitrogens with one attached hydrogen (secondary N) is 1. The molecule has 0 bridgehead atoms. The van der Waals surface area contributed by atoms with Crippen LogP contribution < -0.4 is 5.32 Å². The molecule has 1 saturated heterocycles. The fourth-order valence-electron chi connectivity index (χ4n) is 3.52. The van der Waals surface area contributed by atoms with Crippen molar-refractivity contribution in [3.05, 3.63) is 64.4 Å². The Balaban J connectivity index is 1.69. The number of aryl methyl sites for hydroxylation is 1. The Morgan fingerprint density at radius 3 is 2.55 bits per heavy atom. The highest BCUT2D eigenvalue weighted by Gasteiger charge is 2.28. The summed E-state index contributed by atoms with van der Waals surface area (Å²) in [4.78, 5) is 14.9. The van der Waals surface area contributed by atoms with E-state index in [1.807, 2.05) is 6.92 Å². The van der Waals surface area contributed by atoms with E-state index in [1.165, 1.54) is 30.3 Å². The molecule has 0 spiro atoms. The van der Waals surface area contributed by atoms with E-state index in [2.05, 4.69) is 10.2 Å². The van der Waals surface area contributed by atoms with E-state index < -0.39 is 28.3 Å². The molecule has 1 heterocycles. The fraction of sp³-hybridized carbons (Fsp3) is 0.435. The number of nitrogens with zero attached hydrogens (tertiary/aromatic N) is 2. The first-order valence-electron chi connectivity index (χ1n) is 10.8. The summed E-state index contributed by atoms with van der Waals surface area (Å²) in [7, 11) is -4.07. The van der Waals surface area contributed by atoms with E-state index in [9.17, 15) is 17.6 Å². The van der Waals surface area contributed by atoms with Gasteiger partial charge in [0.25, 0.3) is 0 Å². The Bertz CT molecular complexity index is 1020. The average molecular weight is 498 g/mol. The van der Waals surface area contributed by atoms with Crippen LogP contribution in [0.2, 0.25) is 5.02 Å². The molecular weight excluding hydrogens is 469 g/mol. The largest absolute Gasteiger partial charge is 0.379 e. The summed E-state index contributed by atoms with van der Waals surface area (Å²) < 4.78 is 47.3. The number of sulfonamides is 1. The Morgan fingerprint density at radius 2 is 1.88 bits per heavy atom. The van der Waals surface area contributed by atoms with Crippen molar-refractivity contribution in [2.24, 2.45) is 0 Å². The Labute approximate surface area is 199 Å². The molecule has 33 heavy (non-hydrogen) atoms. The second kappa shape index (κ2) is 11.9. The van der Waals surface area contributed by atoms with Crippen LogP contribution in [0.15, 0.2) is 47.4 Å². The van der Waals surface area contributed by atoms with Gasteiger partial charge in [-0.2, -0.15) is 4.31 Å². The number of carbonyl (C=O) groups excluding carboxylic acids is 1. The summed E-state index contributed by atoms with van der Waals surface area (Å²) >= 11 is 6.13. The second-order valence-corrected chi connectivity index (χ2v) is 10.3. The van der Waals surface area contributed by atoms with Crippen molar-refractivity contribution in [1.82, 2.24) is 14.5 Å². The number of carbonyl (C=O) groups is 1. The molecule has 1 fully saturated rings. The van der Waals surface area contributed by atoms with Crippen LogP contribution in [-0.2, 0) is 26.1 Å². The van der Waals surface area contributed by atoms with Gasteiger partial charge in [0, 0.05) is 36.8 Å². The Morgan fingerprint density at radius 1 is 1.18 bits per heavy atom. The summed E-state index contributed by atoms with van der Waals surface area (Å²) in [6.45, 7) is 5.40. The zero-order chi connectivity index (χ0) is 23.8. The highest BCUT2D eigenvalue weighted by molar-refractivity contribution is 7.89. The maximum atomic E-state index is 14.4. The van der Waals surface area contributed by atoms with Gasteiger partial charge in [0.15, 0.2) is 0 Å². The van der Waals surface area contributed by atoms with Crippen molar-refractivity contribution in [1.29, 1.82) is 0 Å². The van der Waals surface area contributed by atoms with E-state index in [4.69, 9.17) is 16.3 Å². The van der Waals surface area contributed by atoms with Gasteiger partial charge < -0.3 is 10.1 Å². The molecular formula is C23H29ClFN3O4S. The van der Waals surface area contributed by atoms with Gasteiger partial charge in [-0.3, -0.25) is 9.69 Å². The molecule has 1 N–H and O–H groups in total. The van der Waals surface area contributed by atoms with E-state index >= 15 is 0 Å². The highest BCUT2D eigenvalue weighted by Crippen LogP contribution is 2.24. The lowest BCUT2D eigenvalue weighted by Gasteiger charge is -2.26. The van der Waals surface area contributed by atoms with Crippen LogP contribution in [0.1, 0.15) is 17.5 Å². The lowest BCUT2D eigenvalue weighted by atomic mass is 10.2. The normalized spacial score (nSPS) is 15.0. The molecule has 0 radical (unpaired) electrons. The van der Waals surface area contributed by atoms with Crippen molar-refractivity contribution in [2.45, 2.75) is 24.8 Å². The molecule has 1 aliphatic rings. The molecule has 0 atom stereocenters. The fourth-order valence-corrected chi connectivity index (χ4v) is 5.10. The number of rotatable bonds is 10. The second-order valence-electron chi connectivity index (χ2n) is 7.94. The maximum absolute atomic E-state index is 14.4. The molecule has 1 aliphatic heterocycles. The van der Waals surface area contributed by atoms with E-state index in [1.54, 1.807) is 12.1 Å². The number of benzene rings is 2. The predicted octanol–water partition coefficient (Wildman–Crippen LogP) is 2.82. The number of hydrogen-bond donors (Lipinski definition) is 1. The van der Waals surface area contributed by atoms with E-state index in [0.29, 0.717) is 19.8 Å². The summed E-state index contributed by atoms with van der Waals surface area (Å²) in [5.74, 6) is -1.09. The van der Waals surface area contributed by atoms with Gasteiger partial charge in [-0.1, -0.05) is 35.4 Å². The maximum Gasteiger partial charge on any atom is 0.243 e. The molecule has 0 aromatic heterocycles. The lowest BCUT2D eigenvalue weighted by molar-refractivity contribution is -0.121. The van der Waals surface area contributed by atoms with Crippen molar-refractivity contribution in [3.63, 3.8) is 0 Å². The smallest absolute Gasteiger partial charge is 0.243 e. The molecule has 1 amide bonds. The van der Waals surface area contributed by atoms with Gasteiger partial charge in [0.05, 0.1) is 24.7 Å². The van der Waals surface area contributed by atoms with Crippen LogP contribution in [0.4, 0.5) is 4.39 Å². The van der Waals surface area contributed by atoms with Crippen molar-refractivity contribution in [3.8, 4) is 0 Å². The minimum Gasteiger partial charge on any atom is -0.379 e. The standard InChI is InChI=1S/C23H29ClFN3O4S/c1-18-6-8-19(9-7-18)33(30,31)28(16-20-21(24)4-2-5-22(20)25)17-23(29)26-10-3-11-27-12-14-32-15-13-27/h2,4-9H,3,10-17H2,1H3,(H,26,29). The molecule has 10 heteroatoms. The third-order valence-corrected chi connectivity index (χ3v) is 7.61. The minimum absolute atomic E-state index is 0.0231. The number of hydrogen-bond acceptors (Lipinski definition) is 5. The van der Waals surface area contributed by atoms with Gasteiger partial charge >= 0.3 is 0 Å². The average Bonchev–Trinajstić information content (AvgIpc) is 2.79. The first kappa shape index (κ1) is 25.6. The zero-order valence-electron chi connectivity index (χ0n) is 18.6. The van der Waals surface area contributed by atoms with E-state index in [-0.39, 0.29) is 22.0 Å². The van der Waals surface area contributed by atoms with Crippen LogP contribution in [0.3, 0.4) is 0 Å². The van der Waals surface area contributed by atoms with Crippen LogP contribution in [0.5, 0.6) is 0 Å². The molecule has 3 rings (SSSR count). The first-order chi connectivity index (χ1) is 15.8. The Hall–Kier alpha value is -2.04. The molecule has 0 aliphatic carbocycles. The van der Waals surface area contributed by atoms with Gasteiger partial charge in [0.1, 0.15) is 5.82 Å². The van der Waals surface area contributed by atoms with Gasteiger partial charge in [-0.25, -0.2) is 12.8 Å². The minimum atomic E-state index is -4.07. The highest BCUT2D eigenvalue weighted by atomic mass is 35.5. The first-order valence-corrected chi connectivity index (χ1v) is 12.7. The Kier molecular flexibility index (Phi) is 9.22. The monoisotopic (exact) mass is 497 g/mol. The molecule has 0 saturated carbocycles. The number of halogens is 2. The van der Waals surface area contributed by atoms with Crippen LogP contribution in [-0.4, -0.2) is 69.5 Å². The third-order valence-electron chi connectivity index (χ3n) is 5.45. The van der Waals surface area contributed by atoms with Crippen LogP contribution >= 0.6 is 11.6 Å². The molecule has 180 valence electrons.